The highest BCUT2D eigenvalue weighted by atomic mass is 127. The molecule has 1 aliphatic rings. The molecular formula is C26H28IN5O. The molecule has 170 valence electrons. The number of para-hydroxylation sites is 1. The molecule has 0 amide bonds. The summed E-state index contributed by atoms with van der Waals surface area (Å²) in [6, 6.07) is 18.5. The minimum absolute atomic E-state index is 0.0481. The van der Waals surface area contributed by atoms with E-state index in [1.807, 2.05) is 31.3 Å². The molecule has 3 heterocycles. The molecular weight excluding hydrogens is 525 g/mol. The van der Waals surface area contributed by atoms with Gasteiger partial charge in [-0.3, -0.25) is 14.3 Å². The van der Waals surface area contributed by atoms with Crippen LogP contribution in [0.2, 0.25) is 0 Å². The molecule has 0 aliphatic carbocycles. The van der Waals surface area contributed by atoms with Crippen molar-refractivity contribution < 1.29 is 0 Å². The fourth-order valence-corrected chi connectivity index (χ4v) is 5.05. The summed E-state index contributed by atoms with van der Waals surface area (Å²) in [4.78, 5) is 27.2. The second kappa shape index (κ2) is 9.77. The number of hydrogen-bond donors (Lipinski definition) is 0. The Balaban J connectivity index is 1.12. The number of nitrogens with zero attached hydrogens (tertiary/aromatic N) is 5. The lowest BCUT2D eigenvalue weighted by Gasteiger charge is -2.35. The number of rotatable bonds is 6. The van der Waals surface area contributed by atoms with Crippen LogP contribution in [0.1, 0.15) is 18.7 Å². The van der Waals surface area contributed by atoms with E-state index in [4.69, 9.17) is 9.97 Å². The molecule has 4 aromatic rings. The summed E-state index contributed by atoms with van der Waals surface area (Å²) in [5.41, 5.74) is 1.91. The molecule has 1 fully saturated rings. The molecule has 0 N–H and O–H groups in total. The van der Waals surface area contributed by atoms with E-state index in [0.717, 1.165) is 78.2 Å². The number of aromatic nitrogens is 3. The molecule has 1 aliphatic heterocycles. The highest BCUT2D eigenvalue weighted by Crippen LogP contribution is 2.19. The zero-order chi connectivity index (χ0) is 22.8. The minimum Gasteiger partial charge on any atom is -0.354 e. The summed E-state index contributed by atoms with van der Waals surface area (Å²) in [5, 5.41) is 1.89. The quantitative estimate of drug-likeness (QED) is 0.264. The van der Waals surface area contributed by atoms with Gasteiger partial charge in [0.15, 0.2) is 0 Å². The molecule has 5 rings (SSSR count). The Kier molecular flexibility index (Phi) is 6.59. The van der Waals surface area contributed by atoms with Crippen molar-refractivity contribution in [2.75, 3.05) is 37.6 Å². The van der Waals surface area contributed by atoms with E-state index in [1.54, 1.807) is 4.57 Å². The number of halogens is 1. The first-order chi connectivity index (χ1) is 16.1. The summed E-state index contributed by atoms with van der Waals surface area (Å²) in [5.74, 6) is 1.95. The number of piperazine rings is 1. The number of fused-ring (bicyclic) bond motifs is 2. The van der Waals surface area contributed by atoms with E-state index in [-0.39, 0.29) is 5.56 Å². The van der Waals surface area contributed by atoms with Gasteiger partial charge >= 0.3 is 0 Å². The molecule has 0 unspecified atom stereocenters. The molecule has 0 saturated carbocycles. The van der Waals surface area contributed by atoms with Gasteiger partial charge in [-0.05, 0) is 78.4 Å². The van der Waals surface area contributed by atoms with Crippen LogP contribution < -0.4 is 10.5 Å². The monoisotopic (exact) mass is 553 g/mol. The van der Waals surface area contributed by atoms with Crippen LogP contribution in [0.15, 0.2) is 59.4 Å². The van der Waals surface area contributed by atoms with Crippen molar-refractivity contribution in [2.45, 2.75) is 19.3 Å². The summed E-state index contributed by atoms with van der Waals surface area (Å²) in [7, 11) is 1.84. The summed E-state index contributed by atoms with van der Waals surface area (Å²) < 4.78 is 2.77. The van der Waals surface area contributed by atoms with Crippen molar-refractivity contribution in [3.8, 4) is 0 Å². The molecule has 6 nitrogen and oxygen atoms in total. The average molecular weight is 553 g/mol. The van der Waals surface area contributed by atoms with Crippen molar-refractivity contribution in [3.05, 3.63) is 74.3 Å². The van der Waals surface area contributed by atoms with E-state index in [9.17, 15) is 4.79 Å². The third-order valence-corrected chi connectivity index (χ3v) is 7.21. The second-order valence-electron chi connectivity index (χ2n) is 8.70. The molecule has 2 aromatic carbocycles. The van der Waals surface area contributed by atoms with Gasteiger partial charge in [0.25, 0.3) is 5.56 Å². The predicted octanol–water partition coefficient (Wildman–Crippen LogP) is 4.23. The fraction of sp³-hybridized carbons (Fsp3) is 0.346. The van der Waals surface area contributed by atoms with E-state index in [1.165, 1.54) is 5.39 Å². The first-order valence-corrected chi connectivity index (χ1v) is 12.6. The Bertz CT molecular complexity index is 1340. The van der Waals surface area contributed by atoms with Crippen LogP contribution in [0, 0.1) is 3.57 Å². The highest BCUT2D eigenvalue weighted by molar-refractivity contribution is 14.1. The number of anilines is 1. The molecule has 0 atom stereocenters. The number of aryl methyl sites for hydroxylation is 1. The lowest BCUT2D eigenvalue weighted by Crippen LogP contribution is -2.46. The first kappa shape index (κ1) is 22.3. The smallest absolute Gasteiger partial charge is 0.261 e. The van der Waals surface area contributed by atoms with Gasteiger partial charge in [-0.25, -0.2) is 9.97 Å². The second-order valence-corrected chi connectivity index (χ2v) is 9.95. The minimum atomic E-state index is 0.0481. The summed E-state index contributed by atoms with van der Waals surface area (Å²) >= 11 is 2.23. The summed E-state index contributed by atoms with van der Waals surface area (Å²) in [6.45, 7) is 5.20. The van der Waals surface area contributed by atoms with Crippen molar-refractivity contribution >= 4 is 50.2 Å². The zero-order valence-electron chi connectivity index (χ0n) is 18.9. The third kappa shape index (κ3) is 4.89. The maximum atomic E-state index is 12.7. The van der Waals surface area contributed by atoms with Crippen LogP contribution in [0.3, 0.4) is 0 Å². The zero-order valence-corrected chi connectivity index (χ0v) is 21.0. The molecule has 0 bridgehead atoms. The third-order valence-electron chi connectivity index (χ3n) is 6.54. The normalized spacial score (nSPS) is 14.9. The van der Waals surface area contributed by atoms with Gasteiger partial charge in [0.2, 0.25) is 0 Å². The number of pyridine rings is 1. The molecule has 0 spiro atoms. The lowest BCUT2D eigenvalue weighted by atomic mass is 10.2. The maximum Gasteiger partial charge on any atom is 0.261 e. The summed E-state index contributed by atoms with van der Waals surface area (Å²) in [6.07, 6.45) is 2.96. The van der Waals surface area contributed by atoms with Gasteiger partial charge in [0.1, 0.15) is 11.6 Å². The highest BCUT2D eigenvalue weighted by Gasteiger charge is 2.18. The SMILES string of the molecule is Cn1c(CCCCN2CCN(c3ccc4ccccc4n3)CC2)nc2ccc(I)cc2c1=O. The topological polar surface area (TPSA) is 54.3 Å². The number of benzene rings is 2. The van der Waals surface area contributed by atoms with Gasteiger partial charge in [0.05, 0.1) is 16.4 Å². The van der Waals surface area contributed by atoms with E-state index in [2.05, 4.69) is 62.7 Å². The average Bonchev–Trinajstić information content (AvgIpc) is 2.85. The number of hydrogen-bond acceptors (Lipinski definition) is 5. The van der Waals surface area contributed by atoms with E-state index >= 15 is 0 Å². The lowest BCUT2D eigenvalue weighted by molar-refractivity contribution is 0.252. The van der Waals surface area contributed by atoms with Crippen LogP contribution in [-0.2, 0) is 13.5 Å². The number of unbranched alkanes of at least 4 members (excludes halogenated alkanes) is 1. The standard InChI is InChI=1S/C26H28IN5O/c1-30-24(29-23-11-10-20(27)18-21(23)26(30)33)8-4-5-13-31-14-16-32(17-15-31)25-12-9-19-6-2-3-7-22(19)28-25/h2-3,6-7,9-12,18H,4-5,8,13-17H2,1H3. The van der Waals surface area contributed by atoms with E-state index in [0.29, 0.717) is 5.39 Å². The van der Waals surface area contributed by atoms with Crippen LogP contribution in [-0.4, -0.2) is 52.2 Å². The van der Waals surface area contributed by atoms with Gasteiger partial charge in [-0.2, -0.15) is 0 Å². The van der Waals surface area contributed by atoms with Crippen molar-refractivity contribution in [1.82, 2.24) is 19.4 Å². The Morgan fingerprint density at radius 3 is 2.58 bits per heavy atom. The molecule has 1 saturated heterocycles. The van der Waals surface area contributed by atoms with Crippen LogP contribution in [0.25, 0.3) is 21.8 Å². The van der Waals surface area contributed by atoms with Crippen LogP contribution in [0.5, 0.6) is 0 Å². The molecule has 2 aromatic heterocycles. The Morgan fingerprint density at radius 2 is 1.73 bits per heavy atom. The van der Waals surface area contributed by atoms with Crippen LogP contribution >= 0.6 is 22.6 Å². The first-order valence-electron chi connectivity index (χ1n) is 11.6. The maximum absolute atomic E-state index is 12.7. The van der Waals surface area contributed by atoms with Crippen LogP contribution in [0.4, 0.5) is 5.82 Å². The van der Waals surface area contributed by atoms with Gasteiger partial charge in [0, 0.05) is 48.6 Å². The fourth-order valence-electron chi connectivity index (χ4n) is 4.56. The van der Waals surface area contributed by atoms with Gasteiger partial charge < -0.3 is 4.90 Å². The Hall–Kier alpha value is -2.52. The van der Waals surface area contributed by atoms with Crippen molar-refractivity contribution in [1.29, 1.82) is 0 Å². The van der Waals surface area contributed by atoms with E-state index < -0.39 is 0 Å². The van der Waals surface area contributed by atoms with Crippen molar-refractivity contribution in [3.63, 3.8) is 0 Å². The Labute approximate surface area is 207 Å². The molecule has 33 heavy (non-hydrogen) atoms. The predicted molar refractivity (Wildman–Crippen MR) is 143 cm³/mol. The molecule has 0 radical (unpaired) electrons. The van der Waals surface area contributed by atoms with Gasteiger partial charge in [-0.15, -0.1) is 0 Å². The Morgan fingerprint density at radius 1 is 0.909 bits per heavy atom. The van der Waals surface area contributed by atoms with Crippen molar-refractivity contribution in [2.24, 2.45) is 7.05 Å². The molecule has 7 heteroatoms. The van der Waals surface area contributed by atoms with Gasteiger partial charge in [-0.1, -0.05) is 18.2 Å². The largest absolute Gasteiger partial charge is 0.354 e.